The Morgan fingerprint density at radius 3 is 2.71 bits per heavy atom. The first-order valence-corrected chi connectivity index (χ1v) is 6.16. The molecule has 96 valence electrons. The van der Waals surface area contributed by atoms with Crippen LogP contribution in [0.1, 0.15) is 19.4 Å². The van der Waals surface area contributed by atoms with Gasteiger partial charge in [-0.3, -0.25) is 0 Å². The van der Waals surface area contributed by atoms with Gasteiger partial charge in [0.25, 0.3) is 0 Å². The molecule has 0 fully saturated rings. The number of ether oxygens (including phenoxy) is 1. The molecule has 1 N–H and O–H groups in total. The molecule has 1 aromatic rings. The monoisotopic (exact) mass is 257 g/mol. The second-order valence-electron chi connectivity index (χ2n) is 4.02. The number of nitrogens with zero attached hydrogens (tertiary/aromatic N) is 1. The minimum atomic E-state index is 0.0166. The van der Waals surface area contributed by atoms with E-state index in [-0.39, 0.29) is 12.6 Å². The fourth-order valence-corrected chi connectivity index (χ4v) is 2.16. The molecule has 0 bridgehead atoms. The zero-order chi connectivity index (χ0) is 12.8. The third-order valence-corrected chi connectivity index (χ3v) is 3.04. The van der Waals surface area contributed by atoms with Crippen LogP contribution in [-0.4, -0.2) is 31.4 Å². The molecule has 0 aliphatic carbocycles. The van der Waals surface area contributed by atoms with Gasteiger partial charge in [0.1, 0.15) is 0 Å². The molecule has 0 spiro atoms. The van der Waals surface area contributed by atoms with Gasteiger partial charge in [-0.2, -0.15) is 0 Å². The van der Waals surface area contributed by atoms with E-state index < -0.39 is 0 Å². The van der Waals surface area contributed by atoms with Gasteiger partial charge in [-0.1, -0.05) is 17.7 Å². The maximum Gasteiger partial charge on any atom is 0.0702 e. The van der Waals surface area contributed by atoms with Crippen molar-refractivity contribution in [3.05, 3.63) is 28.8 Å². The Morgan fingerprint density at radius 1 is 1.47 bits per heavy atom. The van der Waals surface area contributed by atoms with Crippen molar-refractivity contribution in [3.63, 3.8) is 0 Å². The minimum absolute atomic E-state index is 0.0166. The van der Waals surface area contributed by atoms with Crippen molar-refractivity contribution in [2.24, 2.45) is 0 Å². The van der Waals surface area contributed by atoms with Crippen molar-refractivity contribution in [1.82, 2.24) is 0 Å². The zero-order valence-corrected chi connectivity index (χ0v) is 11.4. The van der Waals surface area contributed by atoms with E-state index in [4.69, 9.17) is 16.3 Å². The van der Waals surface area contributed by atoms with Crippen LogP contribution in [0.4, 0.5) is 5.69 Å². The number of aliphatic hydroxyl groups is 1. The van der Waals surface area contributed by atoms with Crippen molar-refractivity contribution in [3.8, 4) is 0 Å². The van der Waals surface area contributed by atoms with E-state index in [1.54, 1.807) is 13.2 Å². The highest BCUT2D eigenvalue weighted by Gasteiger charge is 2.16. The quantitative estimate of drug-likeness (QED) is 0.851. The van der Waals surface area contributed by atoms with Crippen LogP contribution in [-0.2, 0) is 11.3 Å². The van der Waals surface area contributed by atoms with Crippen molar-refractivity contribution >= 4 is 17.3 Å². The number of rotatable bonds is 6. The Labute approximate surface area is 108 Å². The first-order valence-electron chi connectivity index (χ1n) is 5.78. The lowest BCUT2D eigenvalue weighted by molar-refractivity contribution is 0.181. The molecule has 0 aromatic heterocycles. The van der Waals surface area contributed by atoms with Crippen LogP contribution in [0.2, 0.25) is 5.02 Å². The van der Waals surface area contributed by atoms with Gasteiger partial charge in [-0.05, 0) is 26.0 Å². The molecule has 3 nitrogen and oxygen atoms in total. The molecule has 1 aromatic carbocycles. The normalized spacial score (nSPS) is 12.5. The molecule has 0 radical (unpaired) electrons. The van der Waals surface area contributed by atoms with Crippen LogP contribution < -0.4 is 4.90 Å². The summed E-state index contributed by atoms with van der Waals surface area (Å²) in [6.45, 7) is 5.68. The van der Waals surface area contributed by atoms with E-state index in [0.717, 1.165) is 17.8 Å². The number of aliphatic hydroxyl groups excluding tert-OH is 1. The predicted octanol–water partition coefficient (Wildman–Crippen LogP) is 2.69. The summed E-state index contributed by atoms with van der Waals surface area (Å²) in [6.07, 6.45) is 0. The molecule has 0 aliphatic rings. The van der Waals surface area contributed by atoms with E-state index in [9.17, 15) is 5.11 Å². The molecule has 0 aliphatic heterocycles. The lowest BCUT2D eigenvalue weighted by Crippen LogP contribution is -2.36. The number of hydrogen-bond acceptors (Lipinski definition) is 3. The van der Waals surface area contributed by atoms with E-state index in [1.165, 1.54) is 0 Å². The second kappa shape index (κ2) is 6.84. The lowest BCUT2D eigenvalue weighted by atomic mass is 10.1. The number of halogens is 1. The fourth-order valence-electron chi connectivity index (χ4n) is 1.99. The van der Waals surface area contributed by atoms with E-state index in [1.807, 2.05) is 12.1 Å². The highest BCUT2D eigenvalue weighted by atomic mass is 35.5. The molecular formula is C13H20ClNO2. The van der Waals surface area contributed by atoms with Gasteiger partial charge in [-0.15, -0.1) is 0 Å². The molecule has 0 saturated carbocycles. The molecule has 1 atom stereocenters. The zero-order valence-electron chi connectivity index (χ0n) is 10.6. The van der Waals surface area contributed by atoms with E-state index in [2.05, 4.69) is 18.7 Å². The molecule has 1 unspecified atom stereocenters. The summed E-state index contributed by atoms with van der Waals surface area (Å²) >= 11 is 6.02. The van der Waals surface area contributed by atoms with Gasteiger partial charge < -0.3 is 14.7 Å². The first-order chi connectivity index (χ1) is 8.13. The number of benzene rings is 1. The van der Waals surface area contributed by atoms with Crippen molar-refractivity contribution in [2.45, 2.75) is 26.5 Å². The summed E-state index contributed by atoms with van der Waals surface area (Å²) in [7, 11) is 1.69. The Morgan fingerprint density at radius 2 is 2.18 bits per heavy atom. The van der Waals surface area contributed by atoms with Crippen LogP contribution in [0.5, 0.6) is 0 Å². The standard InChI is InChI=1S/C13H20ClNO2/c1-4-15(10(2)9-17-3)13-7-12(14)6-5-11(13)8-16/h5-7,10,16H,4,8-9H2,1-3H3. The molecule has 0 amide bonds. The molecule has 1 rings (SSSR count). The second-order valence-corrected chi connectivity index (χ2v) is 4.46. The number of likely N-dealkylation sites (N-methyl/N-ethyl adjacent to an activating group) is 1. The Bertz CT molecular complexity index is 357. The smallest absolute Gasteiger partial charge is 0.0702 e. The van der Waals surface area contributed by atoms with Crippen LogP contribution in [0.15, 0.2) is 18.2 Å². The predicted molar refractivity (Wildman–Crippen MR) is 71.7 cm³/mol. The summed E-state index contributed by atoms with van der Waals surface area (Å²) in [5.41, 5.74) is 1.87. The van der Waals surface area contributed by atoms with Crippen molar-refractivity contribution in [2.75, 3.05) is 25.2 Å². The van der Waals surface area contributed by atoms with E-state index in [0.29, 0.717) is 11.6 Å². The van der Waals surface area contributed by atoms with Gasteiger partial charge in [0.05, 0.1) is 13.2 Å². The maximum absolute atomic E-state index is 9.36. The summed E-state index contributed by atoms with van der Waals surface area (Å²) in [5, 5.41) is 10.0. The van der Waals surface area contributed by atoms with Crippen molar-refractivity contribution in [1.29, 1.82) is 0 Å². The third kappa shape index (κ3) is 3.60. The minimum Gasteiger partial charge on any atom is -0.392 e. The molecule has 4 heteroatoms. The largest absolute Gasteiger partial charge is 0.392 e. The number of anilines is 1. The van der Waals surface area contributed by atoms with Crippen LogP contribution in [0.25, 0.3) is 0 Å². The molecule has 17 heavy (non-hydrogen) atoms. The lowest BCUT2D eigenvalue weighted by Gasteiger charge is -2.31. The van der Waals surface area contributed by atoms with Gasteiger partial charge in [0.2, 0.25) is 0 Å². The van der Waals surface area contributed by atoms with Crippen molar-refractivity contribution < 1.29 is 9.84 Å². The van der Waals surface area contributed by atoms with Crippen LogP contribution >= 0.6 is 11.6 Å². The summed E-state index contributed by atoms with van der Waals surface area (Å²) in [6, 6.07) is 5.79. The average molecular weight is 258 g/mol. The topological polar surface area (TPSA) is 32.7 Å². The maximum atomic E-state index is 9.36. The molecule has 0 heterocycles. The average Bonchev–Trinajstić information content (AvgIpc) is 2.31. The van der Waals surface area contributed by atoms with Crippen LogP contribution in [0.3, 0.4) is 0 Å². The summed E-state index contributed by atoms with van der Waals surface area (Å²) in [5.74, 6) is 0. The number of methoxy groups -OCH3 is 1. The SMILES string of the molecule is CCN(c1cc(Cl)ccc1CO)C(C)COC. The fraction of sp³-hybridized carbons (Fsp3) is 0.538. The Balaban J connectivity index is 3.05. The summed E-state index contributed by atoms with van der Waals surface area (Å²) in [4.78, 5) is 2.18. The Kier molecular flexibility index (Phi) is 5.75. The molecule has 0 saturated heterocycles. The number of hydrogen-bond donors (Lipinski definition) is 1. The summed E-state index contributed by atoms with van der Waals surface area (Å²) < 4.78 is 5.17. The highest BCUT2D eigenvalue weighted by Crippen LogP contribution is 2.26. The third-order valence-electron chi connectivity index (χ3n) is 2.81. The van der Waals surface area contributed by atoms with Gasteiger partial charge in [-0.25, -0.2) is 0 Å². The molecular weight excluding hydrogens is 238 g/mol. The van der Waals surface area contributed by atoms with Gasteiger partial charge >= 0.3 is 0 Å². The van der Waals surface area contributed by atoms with Crippen LogP contribution in [0, 0.1) is 0 Å². The van der Waals surface area contributed by atoms with E-state index >= 15 is 0 Å². The Hall–Kier alpha value is -0.770. The van der Waals surface area contributed by atoms with Gasteiger partial charge in [0, 0.05) is 36.0 Å². The highest BCUT2D eigenvalue weighted by molar-refractivity contribution is 6.30. The first kappa shape index (κ1) is 14.3. The van der Waals surface area contributed by atoms with Gasteiger partial charge in [0.15, 0.2) is 0 Å².